The summed E-state index contributed by atoms with van der Waals surface area (Å²) >= 11 is 0. The molecule has 3 rings (SSSR count). The molecule has 0 aliphatic heterocycles. The van der Waals surface area contributed by atoms with E-state index < -0.39 is 39.3 Å². The van der Waals surface area contributed by atoms with E-state index in [1.807, 2.05) is 4.72 Å². The van der Waals surface area contributed by atoms with E-state index >= 15 is 0 Å². The van der Waals surface area contributed by atoms with E-state index in [0.29, 0.717) is 0 Å². The number of pyridine rings is 1. The van der Waals surface area contributed by atoms with Gasteiger partial charge in [-0.1, -0.05) is 12.5 Å². The number of carbonyl (C=O) groups is 1. The number of halogens is 4. The number of anilines is 1. The highest BCUT2D eigenvalue weighted by atomic mass is 32.2. The van der Waals surface area contributed by atoms with E-state index in [2.05, 4.69) is 22.8 Å². The molecule has 7 nitrogen and oxygen atoms in total. The lowest BCUT2D eigenvalue weighted by Crippen LogP contribution is -2.24. The summed E-state index contributed by atoms with van der Waals surface area (Å²) in [6.45, 7) is 3.58. The SMILES string of the molecule is C#Cc1cc(CNC(=O)C(=C)c2ccc(C(F)(F)F)nc2OCC2CC2)cc(F)c1NS(C)(=O)=O. The predicted octanol–water partition coefficient (Wildman–Crippen LogP) is 3.71. The second-order valence-corrected chi connectivity index (χ2v) is 9.73. The average Bonchev–Trinajstić information content (AvgIpc) is 3.60. The summed E-state index contributed by atoms with van der Waals surface area (Å²) in [6, 6.07) is 4.08. The first-order chi connectivity index (χ1) is 16.3. The molecule has 12 heteroatoms. The number of hydrogen-bond acceptors (Lipinski definition) is 5. The maximum Gasteiger partial charge on any atom is 0.433 e. The number of hydrogen-bond donors (Lipinski definition) is 2. The summed E-state index contributed by atoms with van der Waals surface area (Å²) in [6.07, 6.45) is 3.27. The van der Waals surface area contributed by atoms with Gasteiger partial charge in [0.05, 0.1) is 24.1 Å². The molecule has 1 aliphatic rings. The van der Waals surface area contributed by atoms with E-state index in [1.165, 1.54) is 6.07 Å². The number of rotatable bonds is 9. The summed E-state index contributed by atoms with van der Waals surface area (Å²) in [5.74, 6) is 0.333. The molecule has 0 atom stereocenters. The zero-order chi connectivity index (χ0) is 26.0. The van der Waals surface area contributed by atoms with Gasteiger partial charge in [-0.25, -0.2) is 17.8 Å². The molecule has 0 unspecified atom stereocenters. The van der Waals surface area contributed by atoms with Crippen molar-refractivity contribution >= 4 is 27.2 Å². The van der Waals surface area contributed by atoms with E-state index in [0.717, 1.165) is 37.3 Å². The van der Waals surface area contributed by atoms with Crippen LogP contribution in [-0.2, 0) is 27.5 Å². The molecular formula is C23H21F4N3O4S. The Morgan fingerprint density at radius 2 is 2.00 bits per heavy atom. The van der Waals surface area contributed by atoms with Crippen molar-refractivity contribution in [2.24, 2.45) is 5.92 Å². The quantitative estimate of drug-likeness (QED) is 0.304. The van der Waals surface area contributed by atoms with Crippen LogP contribution in [0, 0.1) is 24.1 Å². The van der Waals surface area contributed by atoms with Crippen molar-refractivity contribution in [3.05, 3.63) is 59.0 Å². The van der Waals surface area contributed by atoms with Crippen molar-refractivity contribution in [2.45, 2.75) is 25.6 Å². The van der Waals surface area contributed by atoms with E-state index in [-0.39, 0.29) is 47.2 Å². The van der Waals surface area contributed by atoms with E-state index in [1.54, 1.807) is 0 Å². The first-order valence-electron chi connectivity index (χ1n) is 10.2. The van der Waals surface area contributed by atoms with Crippen molar-refractivity contribution in [3.63, 3.8) is 0 Å². The van der Waals surface area contributed by atoms with Gasteiger partial charge in [-0.2, -0.15) is 13.2 Å². The molecule has 1 fully saturated rings. The first kappa shape index (κ1) is 26.0. The summed E-state index contributed by atoms with van der Waals surface area (Å²) in [5, 5.41) is 2.47. The number of carbonyl (C=O) groups excluding carboxylic acids is 1. The van der Waals surface area contributed by atoms with Crippen LogP contribution in [0.25, 0.3) is 5.57 Å². The second-order valence-electron chi connectivity index (χ2n) is 7.98. The van der Waals surface area contributed by atoms with Crippen LogP contribution >= 0.6 is 0 Å². The fraction of sp³-hybridized carbons (Fsp3) is 0.304. The number of nitrogens with one attached hydrogen (secondary N) is 2. The number of amides is 1. The minimum atomic E-state index is -4.70. The molecule has 0 spiro atoms. The smallest absolute Gasteiger partial charge is 0.433 e. The molecular weight excluding hydrogens is 490 g/mol. The van der Waals surface area contributed by atoms with E-state index in [9.17, 15) is 30.8 Å². The summed E-state index contributed by atoms with van der Waals surface area (Å²) in [4.78, 5) is 16.2. The Morgan fingerprint density at radius 3 is 2.57 bits per heavy atom. The lowest BCUT2D eigenvalue weighted by molar-refractivity contribution is -0.141. The minimum Gasteiger partial charge on any atom is -0.477 e. The number of terminal acetylenes is 1. The number of alkyl halides is 3. The van der Waals surface area contributed by atoms with Gasteiger partial charge in [-0.3, -0.25) is 9.52 Å². The number of ether oxygens (including phenoxy) is 1. The van der Waals surface area contributed by atoms with Crippen molar-refractivity contribution in [2.75, 3.05) is 17.6 Å². The summed E-state index contributed by atoms with van der Waals surface area (Å²) in [5.41, 5.74) is -1.65. The molecule has 0 saturated heterocycles. The third-order valence-corrected chi connectivity index (χ3v) is 5.52. The Balaban J connectivity index is 1.77. The van der Waals surface area contributed by atoms with Crippen LogP contribution in [0.1, 0.15) is 35.2 Å². The molecule has 1 saturated carbocycles. The third kappa shape index (κ3) is 6.95. The average molecular weight is 511 g/mol. The normalized spacial score (nSPS) is 13.6. The van der Waals surface area contributed by atoms with Crippen LogP contribution < -0.4 is 14.8 Å². The number of benzene rings is 1. The van der Waals surface area contributed by atoms with Gasteiger partial charge in [0.1, 0.15) is 11.5 Å². The van der Waals surface area contributed by atoms with Crippen molar-refractivity contribution in [1.29, 1.82) is 0 Å². The van der Waals surface area contributed by atoms with Crippen LogP contribution in [0.15, 0.2) is 30.8 Å². The molecule has 2 N–H and O–H groups in total. The Hall–Kier alpha value is -3.59. The third-order valence-electron chi connectivity index (χ3n) is 4.95. The van der Waals surface area contributed by atoms with Gasteiger partial charge in [-0.05, 0) is 48.6 Å². The molecule has 0 radical (unpaired) electrons. The van der Waals surface area contributed by atoms with E-state index in [4.69, 9.17) is 11.2 Å². The zero-order valence-corrected chi connectivity index (χ0v) is 19.3. The van der Waals surface area contributed by atoms with Crippen LogP contribution in [0.2, 0.25) is 0 Å². The largest absolute Gasteiger partial charge is 0.477 e. The molecule has 0 bridgehead atoms. The topological polar surface area (TPSA) is 97.4 Å². The second kappa shape index (κ2) is 9.95. The molecule has 1 aromatic heterocycles. The fourth-order valence-corrected chi connectivity index (χ4v) is 3.58. The van der Waals surface area contributed by atoms with Gasteiger partial charge in [0.15, 0.2) is 0 Å². The first-order valence-corrected chi connectivity index (χ1v) is 12.1. The number of nitrogens with zero attached hydrogens (tertiary/aromatic N) is 1. The molecule has 35 heavy (non-hydrogen) atoms. The molecule has 1 aromatic carbocycles. The summed E-state index contributed by atoms with van der Waals surface area (Å²) in [7, 11) is -3.79. The van der Waals surface area contributed by atoms with Crippen LogP contribution in [0.4, 0.5) is 23.2 Å². The molecule has 2 aromatic rings. The maximum atomic E-state index is 14.4. The number of aromatic nitrogens is 1. The minimum absolute atomic E-state index is 0.0145. The van der Waals surface area contributed by atoms with Crippen LogP contribution in [0.3, 0.4) is 0 Å². The molecule has 1 amide bonds. The molecule has 1 heterocycles. The molecule has 1 aliphatic carbocycles. The van der Waals surface area contributed by atoms with Gasteiger partial charge < -0.3 is 10.1 Å². The van der Waals surface area contributed by atoms with Crippen molar-refractivity contribution in [1.82, 2.24) is 10.3 Å². The van der Waals surface area contributed by atoms with Crippen LogP contribution in [-0.4, -0.2) is 32.2 Å². The Morgan fingerprint density at radius 1 is 1.31 bits per heavy atom. The van der Waals surface area contributed by atoms with Crippen molar-refractivity contribution in [3.8, 4) is 18.2 Å². The summed E-state index contributed by atoms with van der Waals surface area (Å²) < 4.78 is 84.0. The van der Waals surface area contributed by atoms with Crippen LogP contribution in [0.5, 0.6) is 5.88 Å². The van der Waals surface area contributed by atoms with Gasteiger partial charge in [0, 0.05) is 17.7 Å². The monoisotopic (exact) mass is 511 g/mol. The Labute approximate surface area is 199 Å². The lowest BCUT2D eigenvalue weighted by atomic mass is 10.1. The Bertz CT molecular complexity index is 1310. The highest BCUT2D eigenvalue weighted by molar-refractivity contribution is 7.92. The van der Waals surface area contributed by atoms with Gasteiger partial charge in [0.2, 0.25) is 15.9 Å². The zero-order valence-electron chi connectivity index (χ0n) is 18.5. The predicted molar refractivity (Wildman–Crippen MR) is 121 cm³/mol. The number of sulfonamides is 1. The maximum absolute atomic E-state index is 14.4. The van der Waals surface area contributed by atoms with Gasteiger partial charge in [-0.15, -0.1) is 6.42 Å². The van der Waals surface area contributed by atoms with Crippen molar-refractivity contribution < 1.29 is 35.5 Å². The lowest BCUT2D eigenvalue weighted by Gasteiger charge is -2.15. The highest BCUT2D eigenvalue weighted by Crippen LogP contribution is 2.34. The Kier molecular flexibility index (Phi) is 7.40. The van der Waals surface area contributed by atoms with Gasteiger partial charge in [0.25, 0.3) is 5.91 Å². The highest BCUT2D eigenvalue weighted by Gasteiger charge is 2.34. The van der Waals surface area contributed by atoms with Gasteiger partial charge >= 0.3 is 6.18 Å². The standard InChI is InChI=1S/C23H21F4N3O4S/c1-4-16-9-15(10-18(24)20(16)30-35(3,32)33)11-28-21(31)13(2)17-7-8-19(23(25,26)27)29-22(17)34-12-14-5-6-14/h1,7-10,14,30H,2,5-6,11-12H2,3H3,(H,28,31). The fourth-order valence-electron chi connectivity index (χ4n) is 3.00. The molecule has 186 valence electrons.